The molecule has 2 saturated heterocycles. The number of carbonyl (C=O) groups excluding carboxylic acids is 2. The van der Waals surface area contributed by atoms with Crippen molar-refractivity contribution >= 4 is 11.9 Å². The highest BCUT2D eigenvalue weighted by molar-refractivity contribution is 5.73. The number of nitrogens with two attached hydrogens (primary N) is 2. The molecular weight excluding hydrogens is 372 g/mol. The average molecular weight is 406 g/mol. The zero-order valence-electron chi connectivity index (χ0n) is 16.6. The number of hydrogen-bond donors (Lipinski definition) is 2. The van der Waals surface area contributed by atoms with Gasteiger partial charge in [-0.15, -0.1) is 0 Å². The van der Waals surface area contributed by atoms with E-state index in [0.29, 0.717) is 18.6 Å². The van der Waals surface area contributed by atoms with E-state index in [1.807, 2.05) is 6.92 Å². The minimum absolute atomic E-state index is 0.236. The lowest BCUT2D eigenvalue weighted by Crippen LogP contribution is -2.30. The van der Waals surface area contributed by atoms with Crippen LogP contribution in [-0.2, 0) is 38.0 Å². The second-order valence-corrected chi connectivity index (χ2v) is 6.37. The van der Waals surface area contributed by atoms with Crippen molar-refractivity contribution in [3.63, 3.8) is 0 Å². The van der Waals surface area contributed by atoms with Gasteiger partial charge in [0.2, 0.25) is 6.29 Å². The SMILES string of the molecule is C(CCOCC1CO1)COCC1CO1.CCCC(OC(=O)CN)OC(=O)CN. The van der Waals surface area contributed by atoms with Crippen molar-refractivity contribution in [2.24, 2.45) is 11.5 Å². The summed E-state index contributed by atoms with van der Waals surface area (Å²) in [4.78, 5) is 21.6. The molecule has 0 aromatic carbocycles. The summed E-state index contributed by atoms with van der Waals surface area (Å²) in [5, 5.41) is 0. The molecule has 2 aliphatic rings. The van der Waals surface area contributed by atoms with E-state index in [-0.39, 0.29) is 13.1 Å². The Morgan fingerprint density at radius 3 is 1.68 bits per heavy atom. The molecule has 2 atom stereocenters. The van der Waals surface area contributed by atoms with E-state index >= 15 is 0 Å². The molecule has 0 aliphatic carbocycles. The summed E-state index contributed by atoms with van der Waals surface area (Å²) >= 11 is 0. The van der Waals surface area contributed by atoms with Crippen LogP contribution in [0.2, 0.25) is 0 Å². The fourth-order valence-corrected chi connectivity index (χ4v) is 1.93. The van der Waals surface area contributed by atoms with E-state index in [1.54, 1.807) is 0 Å². The van der Waals surface area contributed by atoms with Crippen LogP contribution in [0.15, 0.2) is 0 Å². The van der Waals surface area contributed by atoms with Crippen molar-refractivity contribution < 1.29 is 38.0 Å². The number of carbonyl (C=O) groups is 2. The van der Waals surface area contributed by atoms with Crippen molar-refractivity contribution in [3.05, 3.63) is 0 Å². The second-order valence-electron chi connectivity index (χ2n) is 6.37. The predicted octanol–water partition coefficient (Wildman–Crippen LogP) is -0.286. The molecule has 0 aromatic rings. The molecule has 2 aliphatic heterocycles. The Kier molecular flexibility index (Phi) is 13.8. The minimum atomic E-state index is -0.868. The third kappa shape index (κ3) is 14.7. The molecule has 10 nitrogen and oxygen atoms in total. The number of hydrogen-bond acceptors (Lipinski definition) is 10. The normalized spacial score (nSPS) is 19.6. The first-order chi connectivity index (χ1) is 13.6. The van der Waals surface area contributed by atoms with Crippen molar-refractivity contribution in [2.75, 3.05) is 52.7 Å². The van der Waals surface area contributed by atoms with Crippen molar-refractivity contribution in [1.29, 1.82) is 0 Å². The van der Waals surface area contributed by atoms with E-state index in [1.165, 1.54) is 0 Å². The van der Waals surface area contributed by atoms with Gasteiger partial charge in [-0.2, -0.15) is 0 Å². The first-order valence-electron chi connectivity index (χ1n) is 9.76. The van der Waals surface area contributed by atoms with Crippen LogP contribution < -0.4 is 11.5 Å². The summed E-state index contributed by atoms with van der Waals surface area (Å²) in [6, 6.07) is 0. The zero-order valence-corrected chi connectivity index (χ0v) is 16.6. The Bertz CT molecular complexity index is 394. The third-order valence-corrected chi connectivity index (χ3v) is 3.62. The molecule has 10 heteroatoms. The summed E-state index contributed by atoms with van der Waals surface area (Å²) in [6.07, 6.45) is 3.21. The Labute approximate surface area is 166 Å². The summed E-state index contributed by atoms with van der Waals surface area (Å²) in [5.74, 6) is -1.21. The van der Waals surface area contributed by atoms with Gasteiger partial charge in [-0.3, -0.25) is 9.59 Å². The monoisotopic (exact) mass is 406 g/mol. The molecule has 0 radical (unpaired) electrons. The van der Waals surface area contributed by atoms with Crippen LogP contribution in [-0.4, -0.2) is 83.2 Å². The van der Waals surface area contributed by atoms with Gasteiger partial charge in [-0.25, -0.2) is 0 Å². The Morgan fingerprint density at radius 1 is 0.929 bits per heavy atom. The molecule has 4 N–H and O–H groups in total. The highest BCUT2D eigenvalue weighted by Gasteiger charge is 2.22. The molecule has 164 valence electrons. The van der Waals surface area contributed by atoms with Crippen molar-refractivity contribution in [3.8, 4) is 0 Å². The quantitative estimate of drug-likeness (QED) is 0.161. The summed E-state index contributed by atoms with van der Waals surface area (Å²) < 4.78 is 30.3. The van der Waals surface area contributed by atoms with Gasteiger partial charge in [-0.1, -0.05) is 6.92 Å². The molecule has 0 amide bonds. The second kappa shape index (κ2) is 15.6. The zero-order chi connectivity index (χ0) is 20.6. The maximum absolute atomic E-state index is 10.8. The van der Waals surface area contributed by atoms with Gasteiger partial charge < -0.3 is 39.9 Å². The van der Waals surface area contributed by atoms with Gasteiger partial charge in [0.25, 0.3) is 0 Å². The molecule has 0 bridgehead atoms. The van der Waals surface area contributed by atoms with E-state index in [4.69, 9.17) is 39.9 Å². The third-order valence-electron chi connectivity index (χ3n) is 3.62. The van der Waals surface area contributed by atoms with Gasteiger partial charge >= 0.3 is 11.9 Å². The number of unbranched alkanes of at least 4 members (excludes halogenated alkanes) is 1. The summed E-state index contributed by atoms with van der Waals surface area (Å²) in [7, 11) is 0. The first-order valence-corrected chi connectivity index (χ1v) is 9.76. The lowest BCUT2D eigenvalue weighted by Gasteiger charge is -2.16. The predicted molar refractivity (Wildman–Crippen MR) is 99.3 cm³/mol. The van der Waals surface area contributed by atoms with Crippen molar-refractivity contribution in [2.45, 2.75) is 51.1 Å². The molecule has 2 fully saturated rings. The van der Waals surface area contributed by atoms with Gasteiger partial charge in [0.05, 0.1) is 39.5 Å². The molecule has 2 heterocycles. The molecule has 0 aromatic heterocycles. The molecule has 2 rings (SSSR count). The van der Waals surface area contributed by atoms with Crippen LogP contribution in [0.5, 0.6) is 0 Å². The van der Waals surface area contributed by atoms with E-state index in [2.05, 4.69) is 0 Å². The number of esters is 2. The lowest BCUT2D eigenvalue weighted by atomic mass is 10.3. The molecule has 0 spiro atoms. The summed E-state index contributed by atoms with van der Waals surface area (Å²) in [5.41, 5.74) is 10.1. The number of ether oxygens (including phenoxy) is 6. The van der Waals surface area contributed by atoms with Crippen molar-refractivity contribution in [1.82, 2.24) is 0 Å². The highest BCUT2D eigenvalue weighted by Crippen LogP contribution is 2.10. The lowest BCUT2D eigenvalue weighted by molar-refractivity contribution is -0.186. The van der Waals surface area contributed by atoms with Crippen LogP contribution in [0.1, 0.15) is 32.6 Å². The van der Waals surface area contributed by atoms with Gasteiger partial charge in [-0.05, 0) is 19.3 Å². The van der Waals surface area contributed by atoms with E-state index in [9.17, 15) is 9.59 Å². The van der Waals surface area contributed by atoms with Gasteiger partial charge in [0.15, 0.2) is 0 Å². The number of epoxide rings is 2. The number of rotatable bonds is 15. The first kappa shape index (κ1) is 24.7. The Balaban J connectivity index is 0.000000280. The largest absolute Gasteiger partial charge is 0.424 e. The maximum Gasteiger partial charge on any atom is 0.322 e. The summed E-state index contributed by atoms with van der Waals surface area (Å²) in [6.45, 7) is 6.33. The maximum atomic E-state index is 10.8. The fourth-order valence-electron chi connectivity index (χ4n) is 1.93. The van der Waals surface area contributed by atoms with Crippen LogP contribution in [0.4, 0.5) is 0 Å². The molecule has 0 saturated carbocycles. The Morgan fingerprint density at radius 2 is 1.36 bits per heavy atom. The minimum Gasteiger partial charge on any atom is -0.424 e. The standard InChI is InChI=1S/C10H18O4.C8H16N2O4/c1(3-11-5-9-7-13-9)2-4-12-6-10-8-14-10;1-2-3-8(13-6(11)4-9)14-7(12)5-10/h9-10H,1-8H2;8H,2-5,9-10H2,1H3. The Hall–Kier alpha value is -1.30. The van der Waals surface area contributed by atoms with Crippen LogP contribution in [0.3, 0.4) is 0 Å². The van der Waals surface area contributed by atoms with E-state index in [0.717, 1.165) is 58.9 Å². The highest BCUT2D eigenvalue weighted by atomic mass is 16.7. The van der Waals surface area contributed by atoms with Crippen LogP contribution in [0.25, 0.3) is 0 Å². The topological polar surface area (TPSA) is 148 Å². The van der Waals surface area contributed by atoms with Gasteiger partial charge in [0.1, 0.15) is 12.2 Å². The molecule has 28 heavy (non-hydrogen) atoms. The van der Waals surface area contributed by atoms with Gasteiger partial charge in [0, 0.05) is 19.6 Å². The molecule has 2 unspecified atom stereocenters. The van der Waals surface area contributed by atoms with Crippen LogP contribution >= 0.6 is 0 Å². The smallest absolute Gasteiger partial charge is 0.322 e. The fraction of sp³-hybridized carbons (Fsp3) is 0.889. The average Bonchev–Trinajstić information content (AvgIpc) is 3.59. The van der Waals surface area contributed by atoms with E-state index < -0.39 is 18.2 Å². The van der Waals surface area contributed by atoms with Crippen LogP contribution in [0, 0.1) is 0 Å². The molecular formula is C18H34N2O8.